The number of carbonyl (C=O) groups excluding carboxylic acids is 1. The average Bonchev–Trinajstić information content (AvgIpc) is 2.75. The largest absolute Gasteiger partial charge is 0.413 e. The van der Waals surface area contributed by atoms with Gasteiger partial charge in [-0.05, 0) is 84.6 Å². The van der Waals surface area contributed by atoms with Crippen LogP contribution >= 0.6 is 23.2 Å². The molecule has 0 fully saturated rings. The molecule has 180 valence electrons. The highest BCUT2D eigenvalue weighted by Gasteiger charge is 2.37. The molecule has 0 spiro atoms. The molecule has 0 atom stereocenters. The summed E-state index contributed by atoms with van der Waals surface area (Å²) in [6, 6.07) is 12.9. The minimum absolute atomic E-state index is 0.155. The van der Waals surface area contributed by atoms with Gasteiger partial charge in [-0.3, -0.25) is 9.78 Å². The van der Waals surface area contributed by atoms with E-state index >= 15 is 0 Å². The maximum absolute atomic E-state index is 13.1. The molecule has 34 heavy (non-hydrogen) atoms. The lowest BCUT2D eigenvalue weighted by Gasteiger charge is -2.36. The van der Waals surface area contributed by atoms with E-state index in [0.717, 1.165) is 33.5 Å². The van der Waals surface area contributed by atoms with E-state index < -0.39 is 8.32 Å². The smallest absolute Gasteiger partial charge is 0.274 e. The van der Waals surface area contributed by atoms with Gasteiger partial charge in [0.25, 0.3) is 5.91 Å². The van der Waals surface area contributed by atoms with E-state index in [1.165, 1.54) is 0 Å². The van der Waals surface area contributed by atoms with Crippen LogP contribution in [0.15, 0.2) is 48.7 Å². The summed E-state index contributed by atoms with van der Waals surface area (Å²) in [7, 11) is -1.84. The van der Waals surface area contributed by atoms with Crippen molar-refractivity contribution in [3.8, 4) is 11.1 Å². The lowest BCUT2D eigenvalue weighted by Crippen LogP contribution is -2.40. The third kappa shape index (κ3) is 6.08. The number of aromatic nitrogens is 1. The number of benzene rings is 2. The summed E-state index contributed by atoms with van der Waals surface area (Å²) in [6.45, 7) is 15.8. The fourth-order valence-corrected chi connectivity index (χ4v) is 4.79. The summed E-state index contributed by atoms with van der Waals surface area (Å²) in [5.74, 6) is -0.281. The Balaban J connectivity index is 1.80. The molecule has 0 aliphatic rings. The monoisotopic (exact) mass is 514 g/mol. The van der Waals surface area contributed by atoms with Crippen LogP contribution in [-0.4, -0.2) is 19.2 Å². The van der Waals surface area contributed by atoms with E-state index in [4.69, 9.17) is 27.6 Å². The van der Waals surface area contributed by atoms with E-state index in [0.29, 0.717) is 22.3 Å². The Morgan fingerprint density at radius 1 is 1.03 bits per heavy atom. The second-order valence-electron chi connectivity index (χ2n) is 10.2. The van der Waals surface area contributed by atoms with Crippen molar-refractivity contribution in [3.05, 3.63) is 81.1 Å². The molecule has 0 saturated heterocycles. The molecule has 0 saturated carbocycles. The number of aryl methyl sites for hydroxylation is 2. The fraction of sp³-hybridized carbons (Fsp3) is 0.333. The van der Waals surface area contributed by atoms with Crippen LogP contribution in [0.3, 0.4) is 0 Å². The molecule has 0 unspecified atom stereocenters. The number of amides is 1. The predicted molar refractivity (Wildman–Crippen MR) is 146 cm³/mol. The molecule has 1 N–H and O–H groups in total. The van der Waals surface area contributed by atoms with Crippen molar-refractivity contribution in [2.45, 2.75) is 59.4 Å². The van der Waals surface area contributed by atoms with Gasteiger partial charge in [0, 0.05) is 27.5 Å². The maximum atomic E-state index is 13.1. The number of halogens is 2. The molecule has 1 heterocycles. The zero-order valence-electron chi connectivity index (χ0n) is 20.8. The molecule has 0 aliphatic heterocycles. The average molecular weight is 516 g/mol. The summed E-state index contributed by atoms with van der Waals surface area (Å²) in [5.41, 5.74) is 5.69. The molecule has 4 nitrogen and oxygen atoms in total. The second kappa shape index (κ2) is 10.2. The highest BCUT2D eigenvalue weighted by atomic mass is 35.5. The summed E-state index contributed by atoms with van der Waals surface area (Å²) < 4.78 is 6.37. The summed E-state index contributed by atoms with van der Waals surface area (Å²) in [5, 5.41) is 4.32. The third-order valence-corrected chi connectivity index (χ3v) is 11.5. The zero-order valence-corrected chi connectivity index (χ0v) is 23.4. The summed E-state index contributed by atoms with van der Waals surface area (Å²) in [6.07, 6.45) is 1.60. The number of hydrogen-bond donors (Lipinski definition) is 1. The van der Waals surface area contributed by atoms with Gasteiger partial charge >= 0.3 is 0 Å². The van der Waals surface area contributed by atoms with Gasteiger partial charge in [-0.15, -0.1) is 0 Å². The van der Waals surface area contributed by atoms with Gasteiger partial charge in [-0.1, -0.05) is 56.1 Å². The number of pyridine rings is 1. The molecule has 1 aromatic heterocycles. The lowest BCUT2D eigenvalue weighted by molar-refractivity contribution is 0.102. The molecule has 3 rings (SSSR count). The van der Waals surface area contributed by atoms with Gasteiger partial charge in [-0.25, -0.2) is 0 Å². The van der Waals surface area contributed by atoms with E-state index in [2.05, 4.69) is 56.3 Å². The van der Waals surface area contributed by atoms with E-state index in [9.17, 15) is 4.79 Å². The Kier molecular flexibility index (Phi) is 7.93. The van der Waals surface area contributed by atoms with Crippen LogP contribution in [0.4, 0.5) is 5.69 Å². The SMILES string of the molecule is Cc1cc(CO[Si](C)(C)C(C)(C)C)cc(C)c1NC(=O)c1cc(-c2cc(Cl)ccc2Cl)ccn1. The second-order valence-corrected chi connectivity index (χ2v) is 15.8. The quantitative estimate of drug-likeness (QED) is 0.335. The van der Waals surface area contributed by atoms with Crippen molar-refractivity contribution in [3.63, 3.8) is 0 Å². The molecule has 0 aliphatic carbocycles. The first-order valence-electron chi connectivity index (χ1n) is 11.3. The topological polar surface area (TPSA) is 51.2 Å². The van der Waals surface area contributed by atoms with Crippen LogP contribution in [0, 0.1) is 13.8 Å². The minimum Gasteiger partial charge on any atom is -0.413 e. The van der Waals surface area contributed by atoms with Crippen molar-refractivity contribution in [1.82, 2.24) is 4.98 Å². The fourth-order valence-electron chi connectivity index (χ4n) is 3.43. The number of nitrogens with one attached hydrogen (secondary N) is 1. The van der Waals surface area contributed by atoms with Gasteiger partial charge in [0.1, 0.15) is 5.69 Å². The molecule has 3 aromatic rings. The van der Waals surface area contributed by atoms with Gasteiger partial charge in [0.15, 0.2) is 8.32 Å². The Morgan fingerprint density at radius 3 is 2.29 bits per heavy atom. The van der Waals surface area contributed by atoms with E-state index in [1.807, 2.05) is 19.9 Å². The zero-order chi connectivity index (χ0) is 25.3. The molecular formula is C27H32Cl2N2O2Si. The highest BCUT2D eigenvalue weighted by Crippen LogP contribution is 2.37. The van der Waals surface area contributed by atoms with Gasteiger partial charge in [0.2, 0.25) is 0 Å². The third-order valence-electron chi connectivity index (χ3n) is 6.47. The van der Waals surface area contributed by atoms with Crippen molar-refractivity contribution < 1.29 is 9.22 Å². The van der Waals surface area contributed by atoms with Crippen LogP contribution in [0.1, 0.15) is 48.0 Å². The van der Waals surface area contributed by atoms with Crippen LogP contribution < -0.4 is 5.32 Å². The molecule has 0 bridgehead atoms. The number of rotatable bonds is 6. The minimum atomic E-state index is -1.84. The Bertz CT molecular complexity index is 1200. The molecular weight excluding hydrogens is 483 g/mol. The Hall–Kier alpha value is -2.18. The van der Waals surface area contributed by atoms with Crippen molar-refractivity contribution in [1.29, 1.82) is 0 Å². The van der Waals surface area contributed by atoms with Gasteiger partial charge in [0.05, 0.1) is 6.61 Å². The van der Waals surface area contributed by atoms with Crippen molar-refractivity contribution in [2.24, 2.45) is 0 Å². The highest BCUT2D eigenvalue weighted by molar-refractivity contribution is 6.74. The summed E-state index contributed by atoms with van der Waals surface area (Å²) >= 11 is 12.5. The number of anilines is 1. The number of nitrogens with zero attached hydrogens (tertiary/aromatic N) is 1. The van der Waals surface area contributed by atoms with Crippen molar-refractivity contribution in [2.75, 3.05) is 5.32 Å². The standard InChI is InChI=1S/C27H32Cl2N2O2Si/c1-17-12-19(16-33-34(6,7)27(3,4)5)13-18(2)25(17)31-26(32)24-14-20(10-11-30-24)22-15-21(28)8-9-23(22)29/h8-15H,16H2,1-7H3,(H,31,32). The summed E-state index contributed by atoms with van der Waals surface area (Å²) in [4.78, 5) is 17.3. The van der Waals surface area contributed by atoms with Gasteiger partial charge in [-0.2, -0.15) is 0 Å². The Morgan fingerprint density at radius 2 is 1.68 bits per heavy atom. The van der Waals surface area contributed by atoms with E-state index in [-0.39, 0.29) is 10.9 Å². The van der Waals surface area contributed by atoms with Crippen molar-refractivity contribution >= 4 is 43.1 Å². The number of hydrogen-bond acceptors (Lipinski definition) is 3. The van der Waals surface area contributed by atoms with Gasteiger partial charge < -0.3 is 9.74 Å². The number of carbonyl (C=O) groups is 1. The Labute approximate surface area is 213 Å². The molecule has 1 amide bonds. The first kappa shape index (κ1) is 26.4. The van der Waals surface area contributed by atoms with Crippen LogP contribution in [-0.2, 0) is 11.0 Å². The molecule has 7 heteroatoms. The normalized spacial score (nSPS) is 12.0. The van der Waals surface area contributed by atoms with Crippen LogP contribution in [0.25, 0.3) is 11.1 Å². The van der Waals surface area contributed by atoms with Crippen LogP contribution in [0.5, 0.6) is 0 Å². The first-order valence-corrected chi connectivity index (χ1v) is 14.9. The predicted octanol–water partition coefficient (Wildman–Crippen LogP) is 8.45. The van der Waals surface area contributed by atoms with E-state index in [1.54, 1.807) is 30.5 Å². The lowest BCUT2D eigenvalue weighted by atomic mass is 10.0. The first-order chi connectivity index (χ1) is 15.8. The van der Waals surface area contributed by atoms with Crippen LogP contribution in [0.2, 0.25) is 28.2 Å². The molecule has 0 radical (unpaired) electrons. The maximum Gasteiger partial charge on any atom is 0.274 e. The molecule has 2 aromatic carbocycles.